The molecule has 0 saturated carbocycles. The fourth-order valence-corrected chi connectivity index (χ4v) is 3.22. The lowest BCUT2D eigenvalue weighted by Crippen LogP contribution is -2.39. The molecule has 0 bridgehead atoms. The van der Waals surface area contributed by atoms with Crippen molar-refractivity contribution in [2.45, 2.75) is 25.9 Å². The lowest BCUT2D eigenvalue weighted by Gasteiger charge is -2.19. The van der Waals surface area contributed by atoms with Crippen molar-refractivity contribution >= 4 is 35.8 Å². The molecule has 6 nitrogen and oxygen atoms in total. The average Bonchev–Trinajstić information content (AvgIpc) is 3.14. The van der Waals surface area contributed by atoms with Crippen LogP contribution in [-0.4, -0.2) is 43.5 Å². The third kappa shape index (κ3) is 7.23. The number of halogens is 1. The monoisotopic (exact) mass is 508 g/mol. The molecule has 29 heavy (non-hydrogen) atoms. The summed E-state index contributed by atoms with van der Waals surface area (Å²) < 4.78 is 5.68. The van der Waals surface area contributed by atoms with Gasteiger partial charge < -0.3 is 20.3 Å². The van der Waals surface area contributed by atoms with Crippen molar-refractivity contribution in [3.05, 3.63) is 65.7 Å². The minimum Gasteiger partial charge on any atom is -0.492 e. The molecular formula is C22H29IN4O2. The first-order valence-corrected chi connectivity index (χ1v) is 9.73. The predicted molar refractivity (Wildman–Crippen MR) is 127 cm³/mol. The van der Waals surface area contributed by atoms with Crippen LogP contribution in [0.4, 0.5) is 0 Å². The zero-order valence-electron chi connectivity index (χ0n) is 16.8. The number of aliphatic imine (C=N–C) groups is 1. The van der Waals surface area contributed by atoms with E-state index in [-0.39, 0.29) is 29.9 Å². The molecule has 1 fully saturated rings. The summed E-state index contributed by atoms with van der Waals surface area (Å²) >= 11 is 0. The van der Waals surface area contributed by atoms with Crippen molar-refractivity contribution in [3.63, 3.8) is 0 Å². The van der Waals surface area contributed by atoms with E-state index in [1.807, 2.05) is 47.4 Å². The van der Waals surface area contributed by atoms with E-state index in [1.165, 1.54) is 11.1 Å². The Kier molecular flexibility index (Phi) is 9.76. The van der Waals surface area contributed by atoms with Gasteiger partial charge in [0.1, 0.15) is 12.4 Å². The summed E-state index contributed by atoms with van der Waals surface area (Å²) in [6, 6.07) is 18.0. The normalized spacial score (nSPS) is 13.8. The molecule has 3 rings (SSSR count). The fraction of sp³-hybridized carbons (Fsp3) is 0.364. The third-order valence-corrected chi connectivity index (χ3v) is 4.73. The molecule has 0 unspecified atom stereocenters. The lowest BCUT2D eigenvalue weighted by molar-refractivity contribution is -0.128. The van der Waals surface area contributed by atoms with E-state index < -0.39 is 0 Å². The van der Waals surface area contributed by atoms with E-state index in [0.717, 1.165) is 24.7 Å². The Morgan fingerprint density at radius 3 is 2.48 bits per heavy atom. The number of guanidine groups is 1. The second kappa shape index (κ2) is 12.3. The molecule has 1 aliphatic heterocycles. The number of likely N-dealkylation sites (tertiary alicyclic amines) is 1. The van der Waals surface area contributed by atoms with Gasteiger partial charge in [0.15, 0.2) is 5.96 Å². The number of ether oxygens (including phenoxy) is 1. The smallest absolute Gasteiger partial charge is 0.222 e. The largest absolute Gasteiger partial charge is 0.492 e. The molecule has 0 atom stereocenters. The van der Waals surface area contributed by atoms with Gasteiger partial charge in [0.2, 0.25) is 5.91 Å². The first-order chi connectivity index (χ1) is 13.8. The number of carbonyl (C=O) groups is 1. The number of hydrogen-bond donors (Lipinski definition) is 2. The van der Waals surface area contributed by atoms with Gasteiger partial charge in [0.25, 0.3) is 0 Å². The molecule has 0 spiro atoms. The molecule has 0 radical (unpaired) electrons. The van der Waals surface area contributed by atoms with Gasteiger partial charge in [-0.2, -0.15) is 0 Å². The fourth-order valence-electron chi connectivity index (χ4n) is 3.22. The molecule has 0 aromatic heterocycles. The Labute approximate surface area is 189 Å². The number of amides is 1. The van der Waals surface area contributed by atoms with Crippen LogP contribution < -0.4 is 15.4 Å². The molecule has 0 aliphatic carbocycles. The Morgan fingerprint density at radius 2 is 1.79 bits per heavy atom. The van der Waals surface area contributed by atoms with Crippen LogP contribution in [0.15, 0.2) is 59.6 Å². The number of nitrogens with one attached hydrogen (secondary N) is 2. The highest BCUT2D eigenvalue weighted by molar-refractivity contribution is 14.0. The molecular weight excluding hydrogens is 479 g/mol. The van der Waals surface area contributed by atoms with Crippen molar-refractivity contribution < 1.29 is 9.53 Å². The van der Waals surface area contributed by atoms with Gasteiger partial charge in [-0.15, -0.1) is 24.0 Å². The van der Waals surface area contributed by atoms with E-state index in [4.69, 9.17) is 4.74 Å². The quantitative estimate of drug-likeness (QED) is 0.249. The molecule has 1 amide bonds. The number of nitrogens with zero attached hydrogens (tertiary/aromatic N) is 2. The van der Waals surface area contributed by atoms with Gasteiger partial charge in [-0.3, -0.25) is 9.79 Å². The van der Waals surface area contributed by atoms with Crippen molar-refractivity contribution in [1.82, 2.24) is 15.5 Å². The van der Waals surface area contributed by atoms with E-state index in [1.54, 1.807) is 7.05 Å². The zero-order valence-corrected chi connectivity index (χ0v) is 19.1. The molecule has 156 valence electrons. The van der Waals surface area contributed by atoms with Crippen LogP contribution in [0.25, 0.3) is 0 Å². The lowest BCUT2D eigenvalue weighted by atomic mass is 10.1. The second-order valence-corrected chi connectivity index (χ2v) is 6.70. The van der Waals surface area contributed by atoms with Crippen LogP contribution in [0, 0.1) is 0 Å². The topological polar surface area (TPSA) is 66.0 Å². The van der Waals surface area contributed by atoms with Crippen LogP contribution in [0.5, 0.6) is 5.75 Å². The molecule has 2 aromatic carbocycles. The van der Waals surface area contributed by atoms with Crippen molar-refractivity contribution in [3.8, 4) is 5.75 Å². The second-order valence-electron chi connectivity index (χ2n) is 6.70. The third-order valence-electron chi connectivity index (χ3n) is 4.73. The molecule has 1 saturated heterocycles. The maximum atomic E-state index is 11.9. The summed E-state index contributed by atoms with van der Waals surface area (Å²) in [6.45, 7) is 3.38. The molecule has 1 heterocycles. The maximum absolute atomic E-state index is 11.9. The Hall–Kier alpha value is -2.29. The van der Waals surface area contributed by atoms with Crippen LogP contribution in [0.1, 0.15) is 24.0 Å². The molecule has 7 heteroatoms. The van der Waals surface area contributed by atoms with Crippen LogP contribution >= 0.6 is 24.0 Å². The average molecular weight is 508 g/mol. The van der Waals surface area contributed by atoms with Crippen molar-refractivity contribution in [1.29, 1.82) is 0 Å². The summed E-state index contributed by atoms with van der Waals surface area (Å²) in [4.78, 5) is 18.1. The van der Waals surface area contributed by atoms with Gasteiger partial charge in [0, 0.05) is 33.1 Å². The Balaban J connectivity index is 0.00000300. The first-order valence-electron chi connectivity index (χ1n) is 9.73. The van der Waals surface area contributed by atoms with Crippen LogP contribution in [0.3, 0.4) is 0 Å². The van der Waals surface area contributed by atoms with Gasteiger partial charge >= 0.3 is 0 Å². The van der Waals surface area contributed by atoms with Gasteiger partial charge in [-0.05, 0) is 29.7 Å². The summed E-state index contributed by atoms with van der Waals surface area (Å²) in [5.74, 6) is 1.83. The number of para-hydroxylation sites is 1. The zero-order chi connectivity index (χ0) is 19.6. The standard InChI is InChI=1S/C22H28N4O2.HI/c1-23-22(24-13-15-28-20-10-3-2-4-11-20)25-16-18-8-5-6-9-19(18)17-26-14-7-12-21(26)27;/h2-6,8-11H,7,12-17H2,1H3,(H2,23,24,25);1H. The van der Waals surface area contributed by atoms with Gasteiger partial charge in [0.05, 0.1) is 6.54 Å². The number of hydrogen-bond acceptors (Lipinski definition) is 3. The minimum absolute atomic E-state index is 0. The highest BCUT2D eigenvalue weighted by Crippen LogP contribution is 2.17. The first kappa shape index (κ1) is 23.0. The number of carbonyl (C=O) groups excluding carboxylic acids is 1. The predicted octanol–water partition coefficient (Wildman–Crippen LogP) is 3.17. The Bertz CT molecular complexity index is 798. The SMILES string of the molecule is CN=C(NCCOc1ccccc1)NCc1ccccc1CN1CCCC1=O.I. The van der Waals surface area contributed by atoms with Gasteiger partial charge in [-0.1, -0.05) is 42.5 Å². The van der Waals surface area contributed by atoms with E-state index >= 15 is 0 Å². The van der Waals surface area contributed by atoms with Crippen molar-refractivity contribution in [2.24, 2.45) is 4.99 Å². The van der Waals surface area contributed by atoms with E-state index in [9.17, 15) is 4.79 Å². The summed E-state index contributed by atoms with van der Waals surface area (Å²) in [7, 11) is 1.75. The van der Waals surface area contributed by atoms with Crippen LogP contribution in [0.2, 0.25) is 0 Å². The number of benzene rings is 2. The minimum atomic E-state index is 0. The molecule has 1 aliphatic rings. The summed E-state index contributed by atoms with van der Waals surface area (Å²) in [5.41, 5.74) is 2.35. The highest BCUT2D eigenvalue weighted by atomic mass is 127. The summed E-state index contributed by atoms with van der Waals surface area (Å²) in [6.07, 6.45) is 1.63. The van der Waals surface area contributed by atoms with E-state index in [0.29, 0.717) is 32.7 Å². The highest BCUT2D eigenvalue weighted by Gasteiger charge is 2.20. The summed E-state index contributed by atoms with van der Waals surface area (Å²) in [5, 5.41) is 6.60. The van der Waals surface area contributed by atoms with Gasteiger partial charge in [-0.25, -0.2) is 0 Å². The van der Waals surface area contributed by atoms with E-state index in [2.05, 4.69) is 27.8 Å². The molecule has 2 N–H and O–H groups in total. The molecule has 2 aromatic rings. The number of rotatable bonds is 8. The van der Waals surface area contributed by atoms with Crippen LogP contribution in [-0.2, 0) is 17.9 Å². The maximum Gasteiger partial charge on any atom is 0.222 e. The van der Waals surface area contributed by atoms with Crippen molar-refractivity contribution in [2.75, 3.05) is 26.7 Å². The Morgan fingerprint density at radius 1 is 1.07 bits per heavy atom.